The third-order valence-electron chi connectivity index (χ3n) is 5.50. The maximum absolute atomic E-state index is 13.1. The summed E-state index contributed by atoms with van der Waals surface area (Å²) in [6, 6.07) is 7.85. The molecule has 0 saturated carbocycles. The van der Waals surface area contributed by atoms with Crippen molar-refractivity contribution in [2.75, 3.05) is 19.8 Å². The number of carbonyl (C=O) groups is 2. The average Bonchev–Trinajstić information content (AvgIpc) is 3.35. The number of benzene rings is 1. The van der Waals surface area contributed by atoms with Crippen LogP contribution in [0.15, 0.2) is 46.6 Å². The molecule has 7 heteroatoms. The fraction of sp³-hybridized carbons (Fsp3) is 0.462. The highest BCUT2D eigenvalue weighted by molar-refractivity contribution is 6.46. The van der Waals surface area contributed by atoms with Crippen LogP contribution in [-0.2, 0) is 19.7 Å². The molecule has 0 aliphatic carbocycles. The zero-order chi connectivity index (χ0) is 24.3. The van der Waals surface area contributed by atoms with E-state index < -0.39 is 17.7 Å². The topological polar surface area (TPSA) is 89.2 Å². The number of hydrogen-bond acceptors (Lipinski definition) is 6. The molecule has 0 spiro atoms. The molecule has 1 N–H and O–H groups in total. The fourth-order valence-electron chi connectivity index (χ4n) is 3.94. The minimum Gasteiger partial charge on any atom is -0.507 e. The van der Waals surface area contributed by atoms with Gasteiger partial charge >= 0.3 is 0 Å². The lowest BCUT2D eigenvalue weighted by Crippen LogP contribution is -2.33. The number of likely N-dealkylation sites (tertiary alicyclic amines) is 1. The molecule has 1 fully saturated rings. The van der Waals surface area contributed by atoms with Crippen LogP contribution < -0.4 is 4.74 Å². The summed E-state index contributed by atoms with van der Waals surface area (Å²) in [5.74, 6) is -0.551. The summed E-state index contributed by atoms with van der Waals surface area (Å²) in [4.78, 5) is 27.4. The minimum atomic E-state index is -0.833. The molecule has 1 saturated heterocycles. The Hall–Kier alpha value is -3.06. The van der Waals surface area contributed by atoms with Gasteiger partial charge in [0.05, 0.1) is 31.2 Å². The van der Waals surface area contributed by atoms with Crippen LogP contribution in [0.1, 0.15) is 64.5 Å². The van der Waals surface area contributed by atoms with Gasteiger partial charge in [0.2, 0.25) is 0 Å². The maximum atomic E-state index is 13.1. The lowest BCUT2D eigenvalue weighted by molar-refractivity contribution is -0.140. The van der Waals surface area contributed by atoms with E-state index in [4.69, 9.17) is 13.9 Å². The molecule has 0 radical (unpaired) electrons. The van der Waals surface area contributed by atoms with Crippen LogP contribution in [0.3, 0.4) is 0 Å². The number of ketones is 1. The second-order valence-electron chi connectivity index (χ2n) is 9.32. The van der Waals surface area contributed by atoms with Crippen molar-refractivity contribution in [2.24, 2.45) is 0 Å². The van der Waals surface area contributed by atoms with Gasteiger partial charge in [-0.15, -0.1) is 0 Å². The number of aliphatic hydroxyl groups is 1. The molecule has 1 aromatic heterocycles. The number of carbonyl (C=O) groups excluding carboxylic acids is 2. The van der Waals surface area contributed by atoms with E-state index in [2.05, 4.69) is 0 Å². The highest BCUT2D eigenvalue weighted by atomic mass is 16.5. The van der Waals surface area contributed by atoms with Gasteiger partial charge in [-0.2, -0.15) is 0 Å². The van der Waals surface area contributed by atoms with Crippen LogP contribution in [0.25, 0.3) is 5.76 Å². The molecular formula is C26H33NO6. The first-order valence-electron chi connectivity index (χ1n) is 11.3. The van der Waals surface area contributed by atoms with Crippen molar-refractivity contribution in [3.8, 4) is 5.75 Å². The quantitative estimate of drug-likeness (QED) is 0.349. The first-order chi connectivity index (χ1) is 15.6. The molecule has 2 heterocycles. The molecular weight excluding hydrogens is 422 g/mol. The summed E-state index contributed by atoms with van der Waals surface area (Å²) in [5.41, 5.74) is 1.07. The molecule has 3 rings (SSSR count). The zero-order valence-electron chi connectivity index (χ0n) is 20.2. The molecule has 1 aliphatic heterocycles. The van der Waals surface area contributed by atoms with Crippen molar-refractivity contribution in [2.45, 2.75) is 59.1 Å². The van der Waals surface area contributed by atoms with E-state index in [1.54, 1.807) is 24.3 Å². The lowest BCUT2D eigenvalue weighted by atomic mass is 9.84. The largest absolute Gasteiger partial charge is 0.507 e. The number of ether oxygens (including phenoxy) is 2. The number of furan rings is 1. The molecule has 33 heavy (non-hydrogen) atoms. The van der Waals surface area contributed by atoms with E-state index in [1.807, 2.05) is 47.6 Å². The van der Waals surface area contributed by atoms with Crippen molar-refractivity contribution in [3.63, 3.8) is 0 Å². The predicted molar refractivity (Wildman–Crippen MR) is 125 cm³/mol. The highest BCUT2D eigenvalue weighted by Gasteiger charge is 2.47. The van der Waals surface area contributed by atoms with E-state index in [0.29, 0.717) is 17.9 Å². The normalized spacial score (nSPS) is 18.4. The van der Waals surface area contributed by atoms with Crippen LogP contribution in [0.2, 0.25) is 0 Å². The number of amides is 1. The Balaban J connectivity index is 2.10. The first kappa shape index (κ1) is 24.6. The monoisotopic (exact) mass is 455 g/mol. The Morgan fingerprint density at radius 3 is 2.52 bits per heavy atom. The molecule has 1 amide bonds. The van der Waals surface area contributed by atoms with Crippen molar-refractivity contribution >= 4 is 17.4 Å². The fourth-order valence-corrected chi connectivity index (χ4v) is 3.94. The standard InChI is InChI=1S/C26H33NO6/c1-7-31-19-11-10-17(15-18(19)26(4,5)6)23(28)21-22(20-9-8-13-33-20)27(25(30)24(21)29)12-14-32-16(2)3/h8-11,13,15-16,22,28H,7,12,14H2,1-6H3/b23-21-. The van der Waals surface area contributed by atoms with Crippen molar-refractivity contribution in [1.82, 2.24) is 4.90 Å². The minimum absolute atomic E-state index is 0.00326. The van der Waals surface area contributed by atoms with E-state index in [0.717, 1.165) is 11.3 Å². The van der Waals surface area contributed by atoms with E-state index in [1.165, 1.54) is 11.2 Å². The Bertz CT molecular complexity index is 1030. The second kappa shape index (κ2) is 9.83. The third kappa shape index (κ3) is 5.14. The molecule has 1 atom stereocenters. The molecule has 178 valence electrons. The van der Waals surface area contributed by atoms with Crippen molar-refractivity contribution in [3.05, 3.63) is 59.1 Å². The zero-order valence-corrected chi connectivity index (χ0v) is 20.2. The van der Waals surface area contributed by atoms with Gasteiger partial charge in [0.1, 0.15) is 23.3 Å². The predicted octanol–water partition coefficient (Wildman–Crippen LogP) is 4.82. The smallest absolute Gasteiger partial charge is 0.295 e. The number of aliphatic hydroxyl groups excluding tert-OH is 1. The van der Waals surface area contributed by atoms with Crippen molar-refractivity contribution < 1.29 is 28.6 Å². The van der Waals surface area contributed by atoms with Gasteiger partial charge in [0, 0.05) is 17.7 Å². The number of rotatable bonds is 8. The van der Waals surface area contributed by atoms with Gasteiger partial charge in [-0.3, -0.25) is 9.59 Å². The number of nitrogens with zero attached hydrogens (tertiary/aromatic N) is 1. The van der Waals surface area contributed by atoms with E-state index >= 15 is 0 Å². The first-order valence-corrected chi connectivity index (χ1v) is 11.3. The van der Waals surface area contributed by atoms with Crippen LogP contribution in [0, 0.1) is 0 Å². The molecule has 1 aliphatic rings. The molecule has 0 bridgehead atoms. The van der Waals surface area contributed by atoms with Crippen molar-refractivity contribution in [1.29, 1.82) is 0 Å². The summed E-state index contributed by atoms with van der Waals surface area (Å²) in [5, 5.41) is 11.3. The highest BCUT2D eigenvalue weighted by Crippen LogP contribution is 2.41. The van der Waals surface area contributed by atoms with Gasteiger partial charge in [-0.25, -0.2) is 0 Å². The third-order valence-corrected chi connectivity index (χ3v) is 5.50. The number of Topliss-reactive ketones (excluding diaryl/α,β-unsaturated/α-hetero) is 1. The summed E-state index contributed by atoms with van der Waals surface area (Å²) >= 11 is 0. The van der Waals surface area contributed by atoms with E-state index in [9.17, 15) is 14.7 Å². The van der Waals surface area contributed by atoms with E-state index in [-0.39, 0.29) is 36.0 Å². The molecule has 1 unspecified atom stereocenters. The SMILES string of the molecule is CCOc1ccc(/C(O)=C2/C(=O)C(=O)N(CCOC(C)C)C2c2ccco2)cc1C(C)(C)C. The van der Waals surface area contributed by atoms with Gasteiger partial charge in [0.25, 0.3) is 11.7 Å². The summed E-state index contributed by atoms with van der Waals surface area (Å²) in [6.07, 6.45) is 1.47. The molecule has 1 aromatic carbocycles. The van der Waals surface area contributed by atoms with Gasteiger partial charge < -0.3 is 23.9 Å². The number of hydrogen-bond donors (Lipinski definition) is 1. The Morgan fingerprint density at radius 1 is 1.21 bits per heavy atom. The summed E-state index contributed by atoms with van der Waals surface area (Å²) in [7, 11) is 0. The van der Waals surface area contributed by atoms with Crippen LogP contribution in [0.4, 0.5) is 0 Å². The average molecular weight is 456 g/mol. The van der Waals surface area contributed by atoms with Crippen LogP contribution >= 0.6 is 0 Å². The molecule has 2 aromatic rings. The van der Waals surface area contributed by atoms with Crippen LogP contribution in [-0.4, -0.2) is 47.6 Å². The van der Waals surface area contributed by atoms with Gasteiger partial charge in [0.15, 0.2) is 0 Å². The summed E-state index contributed by atoms with van der Waals surface area (Å²) in [6.45, 7) is 12.8. The lowest BCUT2D eigenvalue weighted by Gasteiger charge is -2.25. The maximum Gasteiger partial charge on any atom is 0.295 e. The summed E-state index contributed by atoms with van der Waals surface area (Å²) < 4.78 is 16.9. The molecule has 7 nitrogen and oxygen atoms in total. The van der Waals surface area contributed by atoms with Crippen LogP contribution in [0.5, 0.6) is 5.75 Å². The second-order valence-corrected chi connectivity index (χ2v) is 9.32. The Morgan fingerprint density at radius 2 is 1.94 bits per heavy atom. The van der Waals surface area contributed by atoms with Gasteiger partial charge in [-0.05, 0) is 56.5 Å². The Kier molecular flexibility index (Phi) is 7.32. The Labute approximate surface area is 195 Å². The van der Waals surface area contributed by atoms with Gasteiger partial charge in [-0.1, -0.05) is 20.8 Å².